The Balaban J connectivity index is 1.22. The van der Waals surface area contributed by atoms with Crippen LogP contribution in [-0.2, 0) is 23.9 Å². The minimum Gasteiger partial charge on any atom is -0.438 e. The highest BCUT2D eigenvalue weighted by atomic mass is 16.7. The number of ether oxygens (including phenoxy) is 2. The maximum atomic E-state index is 12.7. The third-order valence-corrected chi connectivity index (χ3v) is 7.33. The average Bonchev–Trinajstić information content (AvgIpc) is 3.32. The molecule has 4 bridgehead atoms. The van der Waals surface area contributed by atoms with E-state index in [-0.39, 0.29) is 71.9 Å². The molecule has 0 amide bonds. The van der Waals surface area contributed by atoms with Gasteiger partial charge in [-0.05, 0) is 31.1 Å². The largest absolute Gasteiger partial charge is 0.438 e. The van der Waals surface area contributed by atoms with Crippen molar-refractivity contribution in [2.75, 3.05) is 6.79 Å². The molecule has 5 aliphatic rings. The monoisotopic (exact) mass is 344 g/mol. The fraction of sp³-hybridized carbons (Fsp3) is 0.750. The highest BCUT2D eigenvalue weighted by Gasteiger charge is 2.69. The smallest absolute Gasteiger partial charge is 0.311 e. The number of Topliss-reactive ketones (excluding diaryl/α,β-unsaturated/α-hetero) is 2. The molecule has 4 saturated carbocycles. The predicted molar refractivity (Wildman–Crippen MR) is 87.1 cm³/mol. The Labute approximate surface area is 147 Å². The topological polar surface area (TPSA) is 69.7 Å². The van der Waals surface area contributed by atoms with Gasteiger partial charge in [-0.25, -0.2) is 0 Å². The number of hydrogen-bond acceptors (Lipinski definition) is 5. The first-order chi connectivity index (χ1) is 12.2. The van der Waals surface area contributed by atoms with E-state index >= 15 is 0 Å². The summed E-state index contributed by atoms with van der Waals surface area (Å²) in [5.74, 6) is -0.749. The van der Waals surface area contributed by atoms with Crippen LogP contribution >= 0.6 is 0 Å². The zero-order valence-electron chi connectivity index (χ0n) is 14.3. The molecular formula is C20H24O5. The molecule has 0 aromatic carbocycles. The lowest BCUT2D eigenvalue weighted by Gasteiger charge is -2.33. The van der Waals surface area contributed by atoms with Gasteiger partial charge in [0.05, 0.1) is 12.0 Å². The third kappa shape index (κ3) is 2.21. The summed E-state index contributed by atoms with van der Waals surface area (Å²) in [6.45, 7) is -0.00937. The van der Waals surface area contributed by atoms with Gasteiger partial charge in [0.25, 0.3) is 0 Å². The number of fused-ring (bicyclic) bond motifs is 9. The molecule has 0 N–H and O–H groups in total. The highest BCUT2D eigenvalue weighted by Crippen LogP contribution is 2.64. The van der Waals surface area contributed by atoms with Crippen LogP contribution in [0.1, 0.15) is 38.5 Å². The van der Waals surface area contributed by atoms with Crippen LogP contribution in [0.4, 0.5) is 0 Å². The van der Waals surface area contributed by atoms with Crippen LogP contribution in [0.3, 0.4) is 0 Å². The number of carbonyl (C=O) groups is 3. The molecule has 5 nitrogen and oxygen atoms in total. The summed E-state index contributed by atoms with van der Waals surface area (Å²) in [5, 5.41) is 0. The van der Waals surface area contributed by atoms with E-state index in [0.717, 1.165) is 12.8 Å². The number of ketones is 2. The van der Waals surface area contributed by atoms with Gasteiger partial charge >= 0.3 is 5.97 Å². The van der Waals surface area contributed by atoms with Gasteiger partial charge in [-0.3, -0.25) is 14.4 Å². The second-order valence-electron chi connectivity index (χ2n) is 8.38. The van der Waals surface area contributed by atoms with Crippen LogP contribution in [0.2, 0.25) is 0 Å². The van der Waals surface area contributed by atoms with E-state index in [1.165, 1.54) is 19.3 Å². The van der Waals surface area contributed by atoms with E-state index in [9.17, 15) is 14.4 Å². The van der Waals surface area contributed by atoms with Crippen LogP contribution in [-0.4, -0.2) is 30.4 Å². The number of rotatable bonds is 4. The molecule has 7 unspecified atom stereocenters. The van der Waals surface area contributed by atoms with Crippen molar-refractivity contribution in [3.63, 3.8) is 0 Å². The molecular weight excluding hydrogens is 320 g/mol. The lowest BCUT2D eigenvalue weighted by atomic mass is 9.69. The second-order valence-corrected chi connectivity index (χ2v) is 8.38. The maximum Gasteiger partial charge on any atom is 0.311 e. The van der Waals surface area contributed by atoms with E-state index in [1.807, 2.05) is 12.2 Å². The normalized spacial score (nSPS) is 44.6. The number of allylic oxidation sites excluding steroid dienone is 2. The van der Waals surface area contributed by atoms with Crippen molar-refractivity contribution < 1.29 is 23.9 Å². The van der Waals surface area contributed by atoms with Crippen molar-refractivity contribution in [2.24, 2.45) is 41.4 Å². The van der Waals surface area contributed by atoms with Gasteiger partial charge in [-0.1, -0.05) is 31.4 Å². The Morgan fingerprint density at radius 1 is 1.00 bits per heavy atom. The van der Waals surface area contributed by atoms with Crippen molar-refractivity contribution in [3.05, 3.63) is 12.2 Å². The molecule has 4 fully saturated rings. The standard InChI is InChI=1S/C20H24O5/c21-18-11-6-7-12(18)16-15(11)13-8-14(17(16)19(13)22)20(23)25-9-24-10-4-2-1-3-5-10/h6-7,10-17H,1-5,8-9H2. The summed E-state index contributed by atoms with van der Waals surface area (Å²) < 4.78 is 11.0. The minimum absolute atomic E-state index is 0.00937. The molecule has 5 aliphatic carbocycles. The van der Waals surface area contributed by atoms with Crippen LogP contribution in [0.5, 0.6) is 0 Å². The van der Waals surface area contributed by atoms with E-state index in [2.05, 4.69) is 0 Å². The minimum atomic E-state index is -0.380. The van der Waals surface area contributed by atoms with Crippen molar-refractivity contribution in [1.29, 1.82) is 0 Å². The maximum absolute atomic E-state index is 12.7. The highest BCUT2D eigenvalue weighted by molar-refractivity contribution is 6.01. The lowest BCUT2D eigenvalue weighted by Crippen LogP contribution is -2.36. The molecule has 0 radical (unpaired) electrons. The van der Waals surface area contributed by atoms with Gasteiger partial charge in [0.2, 0.25) is 0 Å². The van der Waals surface area contributed by atoms with Crippen molar-refractivity contribution in [3.8, 4) is 0 Å². The fourth-order valence-electron chi connectivity index (χ4n) is 6.30. The third-order valence-electron chi connectivity index (χ3n) is 7.33. The molecule has 25 heavy (non-hydrogen) atoms. The fourth-order valence-corrected chi connectivity index (χ4v) is 6.30. The van der Waals surface area contributed by atoms with Crippen LogP contribution < -0.4 is 0 Å². The Hall–Kier alpha value is -1.49. The van der Waals surface area contributed by atoms with Gasteiger partial charge in [-0.15, -0.1) is 0 Å². The summed E-state index contributed by atoms with van der Waals surface area (Å²) >= 11 is 0. The quantitative estimate of drug-likeness (QED) is 0.339. The number of esters is 1. The molecule has 0 spiro atoms. The number of hydrogen-bond donors (Lipinski definition) is 0. The molecule has 0 aliphatic heterocycles. The summed E-state index contributed by atoms with van der Waals surface area (Å²) in [5.41, 5.74) is 0. The van der Waals surface area contributed by atoms with Crippen LogP contribution in [0.15, 0.2) is 12.2 Å². The van der Waals surface area contributed by atoms with Crippen molar-refractivity contribution in [2.45, 2.75) is 44.6 Å². The molecule has 7 atom stereocenters. The van der Waals surface area contributed by atoms with Crippen LogP contribution in [0.25, 0.3) is 0 Å². The van der Waals surface area contributed by atoms with E-state index in [4.69, 9.17) is 9.47 Å². The van der Waals surface area contributed by atoms with E-state index < -0.39 is 0 Å². The molecule has 0 aromatic heterocycles. The Morgan fingerprint density at radius 3 is 2.48 bits per heavy atom. The lowest BCUT2D eigenvalue weighted by molar-refractivity contribution is -0.170. The first-order valence-corrected chi connectivity index (χ1v) is 9.71. The Morgan fingerprint density at radius 2 is 1.72 bits per heavy atom. The predicted octanol–water partition coefficient (Wildman–Crippen LogP) is 2.29. The van der Waals surface area contributed by atoms with Gasteiger partial charge < -0.3 is 9.47 Å². The molecule has 5 heteroatoms. The summed E-state index contributed by atoms with van der Waals surface area (Å²) in [7, 11) is 0. The van der Waals surface area contributed by atoms with E-state index in [0.29, 0.717) is 6.42 Å². The first kappa shape index (κ1) is 15.7. The summed E-state index contributed by atoms with van der Waals surface area (Å²) in [4.78, 5) is 37.5. The van der Waals surface area contributed by atoms with Gasteiger partial charge in [0.1, 0.15) is 11.6 Å². The number of carbonyl (C=O) groups excluding carboxylic acids is 3. The zero-order valence-corrected chi connectivity index (χ0v) is 14.3. The summed E-state index contributed by atoms with van der Waals surface area (Å²) in [6, 6.07) is 0. The summed E-state index contributed by atoms with van der Waals surface area (Å²) in [6.07, 6.45) is 10.4. The second kappa shape index (κ2) is 5.76. The zero-order chi connectivity index (χ0) is 17.1. The molecule has 134 valence electrons. The van der Waals surface area contributed by atoms with E-state index in [1.54, 1.807) is 0 Å². The Bertz CT molecular complexity index is 646. The van der Waals surface area contributed by atoms with Crippen molar-refractivity contribution in [1.82, 2.24) is 0 Å². The van der Waals surface area contributed by atoms with Crippen LogP contribution in [0, 0.1) is 41.4 Å². The SMILES string of the molecule is O=C1C2C=CC1C1C3C(=O)C(CC3C(=O)OCOC3CCCCC3)C21. The van der Waals surface area contributed by atoms with Crippen molar-refractivity contribution >= 4 is 17.5 Å². The molecule has 0 heterocycles. The average molecular weight is 344 g/mol. The molecule has 0 saturated heterocycles. The molecule has 5 rings (SSSR count). The first-order valence-electron chi connectivity index (χ1n) is 9.71. The van der Waals surface area contributed by atoms with Gasteiger partial charge in [-0.2, -0.15) is 0 Å². The van der Waals surface area contributed by atoms with Gasteiger partial charge in [0, 0.05) is 23.7 Å². The Kier molecular flexibility index (Phi) is 3.63. The van der Waals surface area contributed by atoms with Gasteiger partial charge in [0.15, 0.2) is 6.79 Å². The molecule has 0 aromatic rings.